The minimum atomic E-state index is -0.821. The quantitative estimate of drug-likeness (QED) is 0.416. The van der Waals surface area contributed by atoms with Gasteiger partial charge in [-0.05, 0) is 79.0 Å². The molecule has 0 aromatic heterocycles. The number of alkyl carbamates (subject to hydrolysis) is 1. The largest absolute Gasteiger partial charge is 0.444 e. The Kier molecular flexibility index (Phi) is 8.32. The number of carbonyl (C=O) groups excluding carboxylic acids is 2. The summed E-state index contributed by atoms with van der Waals surface area (Å²) in [5.74, 6) is 0.545. The number of nitrogens with zero attached hydrogens (tertiary/aromatic N) is 2. The molecule has 1 aliphatic rings. The van der Waals surface area contributed by atoms with Crippen LogP contribution in [0.4, 0.5) is 14.0 Å². The van der Waals surface area contributed by atoms with Crippen LogP contribution in [-0.2, 0) is 15.0 Å². The highest BCUT2D eigenvalue weighted by molar-refractivity contribution is 8.14. The van der Waals surface area contributed by atoms with Gasteiger partial charge in [-0.25, -0.2) is 14.0 Å². The van der Waals surface area contributed by atoms with Crippen molar-refractivity contribution in [3.8, 4) is 0 Å². The molecule has 0 saturated heterocycles. The molecular weight excluding hydrogens is 445 g/mol. The number of amidine groups is 1. The average molecular weight is 480 g/mol. The maximum Gasteiger partial charge on any atom is 0.435 e. The monoisotopic (exact) mass is 479 g/mol. The summed E-state index contributed by atoms with van der Waals surface area (Å²) in [6.45, 7) is 14.1. The summed E-state index contributed by atoms with van der Waals surface area (Å²) in [7, 11) is 0. The molecule has 0 saturated carbocycles. The van der Waals surface area contributed by atoms with E-state index in [1.54, 1.807) is 54.5 Å². The molecule has 1 aromatic carbocycles. The molecule has 2 amide bonds. The lowest BCUT2D eigenvalue weighted by atomic mass is 9.89. The van der Waals surface area contributed by atoms with Crippen molar-refractivity contribution < 1.29 is 23.5 Å². The molecule has 0 spiro atoms. The molecule has 1 heterocycles. The first-order chi connectivity index (χ1) is 15.1. The standard InChI is InChI=1S/C24H34FN3O4S/c1-15-9-10-16(13-17(15)25)24(8)11-12-33-19(28-24)14-18(26-20(29)31-22(2,3)4)27-21(30)32-23(5,6)7/h9-10,13H,11-12,14H2,1-8H3,(H,26,27,29,30). The van der Waals surface area contributed by atoms with Gasteiger partial charge >= 0.3 is 12.2 Å². The summed E-state index contributed by atoms with van der Waals surface area (Å²) in [6.07, 6.45) is -0.720. The topological polar surface area (TPSA) is 89.3 Å². The second kappa shape index (κ2) is 10.2. The number of carbonyl (C=O) groups is 2. The van der Waals surface area contributed by atoms with Gasteiger partial charge in [0.1, 0.15) is 22.9 Å². The second-order valence-corrected chi connectivity index (χ2v) is 11.4. The van der Waals surface area contributed by atoms with Crippen molar-refractivity contribution >= 4 is 34.8 Å². The number of nitrogens with one attached hydrogen (secondary N) is 1. The first-order valence-corrected chi connectivity index (χ1v) is 11.8. The molecule has 2 rings (SSSR count). The minimum Gasteiger partial charge on any atom is -0.444 e. The molecular formula is C24H34FN3O4S. The van der Waals surface area contributed by atoms with Crippen molar-refractivity contribution in [3.05, 3.63) is 35.1 Å². The molecule has 1 unspecified atom stereocenters. The van der Waals surface area contributed by atoms with E-state index in [2.05, 4.69) is 10.3 Å². The maximum absolute atomic E-state index is 14.2. The first kappa shape index (κ1) is 26.8. The molecule has 7 nitrogen and oxygen atoms in total. The summed E-state index contributed by atoms with van der Waals surface area (Å²) < 4.78 is 24.8. The number of aryl methyl sites for hydroxylation is 1. The van der Waals surface area contributed by atoms with Crippen molar-refractivity contribution in [1.82, 2.24) is 5.32 Å². The summed E-state index contributed by atoms with van der Waals surface area (Å²) >= 11 is 1.51. The van der Waals surface area contributed by atoms with E-state index in [-0.39, 0.29) is 18.1 Å². The van der Waals surface area contributed by atoms with Crippen molar-refractivity contribution in [1.29, 1.82) is 0 Å². The fraction of sp³-hybridized carbons (Fsp3) is 0.583. The van der Waals surface area contributed by atoms with Gasteiger partial charge in [0.15, 0.2) is 0 Å². The van der Waals surface area contributed by atoms with Crippen LogP contribution < -0.4 is 5.32 Å². The number of halogens is 1. The van der Waals surface area contributed by atoms with Gasteiger partial charge < -0.3 is 9.47 Å². The number of ether oxygens (including phenoxy) is 2. The van der Waals surface area contributed by atoms with E-state index in [0.717, 1.165) is 17.7 Å². The van der Waals surface area contributed by atoms with Crippen LogP contribution in [-0.4, -0.2) is 40.0 Å². The minimum absolute atomic E-state index is 0.0732. The highest BCUT2D eigenvalue weighted by Gasteiger charge is 2.31. The van der Waals surface area contributed by atoms with Crippen LogP contribution in [0.25, 0.3) is 0 Å². The molecule has 9 heteroatoms. The third-order valence-corrected chi connectivity index (χ3v) is 5.58. The summed E-state index contributed by atoms with van der Waals surface area (Å²) in [4.78, 5) is 33.5. The summed E-state index contributed by atoms with van der Waals surface area (Å²) in [5.41, 5.74) is -0.730. The Morgan fingerprint density at radius 1 is 1.18 bits per heavy atom. The Bertz CT molecular complexity index is 963. The Morgan fingerprint density at radius 3 is 2.39 bits per heavy atom. The van der Waals surface area contributed by atoms with Crippen LogP contribution in [0.15, 0.2) is 28.2 Å². The Balaban J connectivity index is 2.31. The lowest BCUT2D eigenvalue weighted by Crippen LogP contribution is -2.38. The van der Waals surface area contributed by atoms with E-state index < -0.39 is 28.9 Å². The molecule has 1 aliphatic heterocycles. The van der Waals surface area contributed by atoms with E-state index in [1.807, 2.05) is 13.0 Å². The normalized spacial score (nSPS) is 19.5. The number of benzene rings is 1. The third kappa shape index (κ3) is 8.79. The molecule has 0 aliphatic carbocycles. The molecule has 1 N–H and O–H groups in total. The van der Waals surface area contributed by atoms with Crippen molar-refractivity contribution in [2.45, 2.75) is 85.0 Å². The van der Waals surface area contributed by atoms with Crippen LogP contribution in [0.1, 0.15) is 72.4 Å². The Morgan fingerprint density at radius 2 is 1.82 bits per heavy atom. The fourth-order valence-corrected chi connectivity index (χ4v) is 4.27. The molecule has 33 heavy (non-hydrogen) atoms. The first-order valence-electron chi connectivity index (χ1n) is 10.8. The van der Waals surface area contributed by atoms with Crippen LogP contribution in [0.3, 0.4) is 0 Å². The van der Waals surface area contributed by atoms with E-state index in [9.17, 15) is 14.0 Å². The van der Waals surface area contributed by atoms with Gasteiger partial charge in [-0.2, -0.15) is 4.99 Å². The van der Waals surface area contributed by atoms with E-state index in [1.165, 1.54) is 17.8 Å². The molecule has 1 atom stereocenters. The highest BCUT2D eigenvalue weighted by Crippen LogP contribution is 2.37. The molecule has 0 bridgehead atoms. The predicted octanol–water partition coefficient (Wildman–Crippen LogP) is 6.13. The van der Waals surface area contributed by atoms with Gasteiger partial charge in [-0.1, -0.05) is 12.1 Å². The van der Waals surface area contributed by atoms with E-state index >= 15 is 0 Å². The number of hydrogen-bond acceptors (Lipinski definition) is 6. The molecule has 182 valence electrons. The smallest absolute Gasteiger partial charge is 0.435 e. The fourth-order valence-electron chi connectivity index (χ4n) is 3.03. The van der Waals surface area contributed by atoms with E-state index in [0.29, 0.717) is 10.6 Å². The van der Waals surface area contributed by atoms with Gasteiger partial charge in [-0.15, -0.1) is 11.8 Å². The zero-order valence-electron chi connectivity index (χ0n) is 20.7. The number of rotatable bonds is 3. The predicted molar refractivity (Wildman–Crippen MR) is 131 cm³/mol. The van der Waals surface area contributed by atoms with Gasteiger partial charge in [0.2, 0.25) is 0 Å². The lowest BCUT2D eigenvalue weighted by Gasteiger charge is -2.31. The number of hydrogen-bond donors (Lipinski definition) is 1. The number of amides is 2. The Hall–Kier alpha value is -2.42. The average Bonchev–Trinajstić information content (AvgIpc) is 2.60. The van der Waals surface area contributed by atoms with Gasteiger partial charge in [0, 0.05) is 5.75 Å². The molecule has 0 fully saturated rings. The second-order valence-electron chi connectivity index (χ2n) is 10.2. The van der Waals surface area contributed by atoms with Crippen LogP contribution in [0, 0.1) is 12.7 Å². The Labute approximate surface area is 199 Å². The van der Waals surface area contributed by atoms with Crippen molar-refractivity contribution in [2.75, 3.05) is 5.75 Å². The summed E-state index contributed by atoms with van der Waals surface area (Å²) in [5, 5.41) is 3.22. The van der Waals surface area contributed by atoms with Crippen molar-refractivity contribution in [2.24, 2.45) is 9.98 Å². The van der Waals surface area contributed by atoms with Gasteiger partial charge in [0.05, 0.1) is 17.0 Å². The number of thioether (sulfide) groups is 1. The SMILES string of the molecule is Cc1ccc(C2(C)CCSC(CC(=NC(=O)OC(C)(C)C)NC(=O)OC(C)(C)C)=N2)cc1F. The molecule has 1 aromatic rings. The zero-order valence-corrected chi connectivity index (χ0v) is 21.5. The highest BCUT2D eigenvalue weighted by atomic mass is 32.2. The summed E-state index contributed by atoms with van der Waals surface area (Å²) in [6, 6.07) is 5.14. The number of aliphatic imine (C=N–C) groups is 2. The molecule has 0 radical (unpaired) electrons. The van der Waals surface area contributed by atoms with Crippen LogP contribution >= 0.6 is 11.8 Å². The maximum atomic E-state index is 14.2. The zero-order chi connectivity index (χ0) is 25.0. The third-order valence-electron chi connectivity index (χ3n) is 4.61. The van der Waals surface area contributed by atoms with E-state index in [4.69, 9.17) is 14.5 Å². The van der Waals surface area contributed by atoms with Gasteiger partial charge in [0.25, 0.3) is 0 Å². The van der Waals surface area contributed by atoms with Crippen LogP contribution in [0.2, 0.25) is 0 Å². The van der Waals surface area contributed by atoms with Crippen LogP contribution in [0.5, 0.6) is 0 Å². The lowest BCUT2D eigenvalue weighted by molar-refractivity contribution is 0.0562. The van der Waals surface area contributed by atoms with Gasteiger partial charge in [-0.3, -0.25) is 10.3 Å². The van der Waals surface area contributed by atoms with Crippen molar-refractivity contribution in [3.63, 3.8) is 0 Å².